The van der Waals surface area contributed by atoms with E-state index in [1.165, 1.54) is 7.11 Å². The number of hydrogen-bond acceptors (Lipinski definition) is 4. The van der Waals surface area contributed by atoms with Crippen LogP contribution >= 0.6 is 0 Å². The molecule has 0 unspecified atom stereocenters. The van der Waals surface area contributed by atoms with Gasteiger partial charge in [-0.2, -0.15) is 0 Å². The van der Waals surface area contributed by atoms with Gasteiger partial charge in [-0.1, -0.05) is 12.1 Å². The van der Waals surface area contributed by atoms with E-state index in [1.807, 2.05) is 0 Å². The number of carbonyl (C=O) groups is 2. The molecule has 0 heterocycles. The summed E-state index contributed by atoms with van der Waals surface area (Å²) >= 11 is 0. The van der Waals surface area contributed by atoms with Gasteiger partial charge in [0.05, 0.1) is 7.11 Å². The standard InChI is InChI=1S/C15H12O4/c1-18-14-6-5-12(10-17)8-15(14)19-13-4-2-3-11(7-13)9-16/h2-10H,1H3. The molecule has 0 amide bonds. The Morgan fingerprint density at radius 1 is 0.895 bits per heavy atom. The molecule has 0 aliphatic rings. The molecule has 0 atom stereocenters. The van der Waals surface area contributed by atoms with Gasteiger partial charge in [0.1, 0.15) is 18.3 Å². The van der Waals surface area contributed by atoms with E-state index in [0.717, 1.165) is 12.6 Å². The second-order valence-corrected chi connectivity index (χ2v) is 3.82. The van der Waals surface area contributed by atoms with E-state index in [9.17, 15) is 9.59 Å². The zero-order chi connectivity index (χ0) is 13.7. The molecule has 0 aliphatic carbocycles. The van der Waals surface area contributed by atoms with E-state index in [4.69, 9.17) is 9.47 Å². The molecule has 4 nitrogen and oxygen atoms in total. The first-order chi connectivity index (χ1) is 9.26. The molecule has 2 aromatic rings. The Balaban J connectivity index is 2.35. The van der Waals surface area contributed by atoms with Crippen LogP contribution in [0.2, 0.25) is 0 Å². The molecular formula is C15H12O4. The van der Waals surface area contributed by atoms with Gasteiger partial charge in [0.2, 0.25) is 0 Å². The van der Waals surface area contributed by atoms with Crippen molar-refractivity contribution < 1.29 is 19.1 Å². The van der Waals surface area contributed by atoms with Crippen molar-refractivity contribution >= 4 is 12.6 Å². The first kappa shape index (κ1) is 12.8. The number of methoxy groups -OCH3 is 1. The van der Waals surface area contributed by atoms with Crippen molar-refractivity contribution in [1.82, 2.24) is 0 Å². The van der Waals surface area contributed by atoms with Crippen LogP contribution in [0.4, 0.5) is 0 Å². The highest BCUT2D eigenvalue weighted by Crippen LogP contribution is 2.32. The lowest BCUT2D eigenvalue weighted by atomic mass is 10.2. The van der Waals surface area contributed by atoms with E-state index in [0.29, 0.717) is 28.4 Å². The number of ether oxygens (including phenoxy) is 2. The minimum atomic E-state index is 0.426. The van der Waals surface area contributed by atoms with Crippen molar-refractivity contribution in [3.05, 3.63) is 53.6 Å². The van der Waals surface area contributed by atoms with Crippen LogP contribution in [0, 0.1) is 0 Å². The Hall–Kier alpha value is -2.62. The first-order valence-electron chi connectivity index (χ1n) is 5.63. The second kappa shape index (κ2) is 5.82. The third-order valence-corrected chi connectivity index (χ3v) is 2.55. The quantitative estimate of drug-likeness (QED) is 0.771. The molecule has 0 fully saturated rings. The fourth-order valence-electron chi connectivity index (χ4n) is 1.62. The highest BCUT2D eigenvalue weighted by atomic mass is 16.5. The molecule has 0 aromatic heterocycles. The molecule has 0 bridgehead atoms. The Morgan fingerprint density at radius 3 is 2.32 bits per heavy atom. The molecular weight excluding hydrogens is 244 g/mol. The third kappa shape index (κ3) is 2.98. The van der Waals surface area contributed by atoms with E-state index in [-0.39, 0.29) is 0 Å². The van der Waals surface area contributed by atoms with Crippen LogP contribution in [0.5, 0.6) is 17.2 Å². The minimum absolute atomic E-state index is 0.426. The maximum absolute atomic E-state index is 10.8. The maximum atomic E-state index is 10.8. The van der Waals surface area contributed by atoms with Gasteiger partial charge < -0.3 is 9.47 Å². The van der Waals surface area contributed by atoms with Crippen LogP contribution in [0.15, 0.2) is 42.5 Å². The average molecular weight is 256 g/mol. The first-order valence-corrected chi connectivity index (χ1v) is 5.63. The summed E-state index contributed by atoms with van der Waals surface area (Å²) in [5, 5.41) is 0. The largest absolute Gasteiger partial charge is 0.493 e. The van der Waals surface area contributed by atoms with Crippen LogP contribution in [0.1, 0.15) is 20.7 Å². The Labute approximate surface area is 110 Å². The summed E-state index contributed by atoms with van der Waals surface area (Å²) in [4.78, 5) is 21.5. The Kier molecular flexibility index (Phi) is 3.93. The smallest absolute Gasteiger partial charge is 0.169 e. The average Bonchev–Trinajstić information content (AvgIpc) is 2.47. The molecule has 0 aliphatic heterocycles. The van der Waals surface area contributed by atoms with Gasteiger partial charge >= 0.3 is 0 Å². The number of rotatable bonds is 5. The molecule has 96 valence electrons. The maximum Gasteiger partial charge on any atom is 0.169 e. The summed E-state index contributed by atoms with van der Waals surface area (Å²) in [5.74, 6) is 1.45. The topological polar surface area (TPSA) is 52.6 Å². The van der Waals surface area contributed by atoms with Crippen molar-refractivity contribution in [2.75, 3.05) is 7.11 Å². The van der Waals surface area contributed by atoms with Crippen molar-refractivity contribution in [3.8, 4) is 17.2 Å². The van der Waals surface area contributed by atoms with Crippen LogP contribution in [0.3, 0.4) is 0 Å². The lowest BCUT2D eigenvalue weighted by Crippen LogP contribution is -1.92. The van der Waals surface area contributed by atoms with Gasteiger partial charge in [0.25, 0.3) is 0 Å². The lowest BCUT2D eigenvalue weighted by Gasteiger charge is -2.10. The fraction of sp³-hybridized carbons (Fsp3) is 0.0667. The SMILES string of the molecule is COc1ccc(C=O)cc1Oc1cccc(C=O)c1. The molecule has 2 rings (SSSR count). The fourth-order valence-corrected chi connectivity index (χ4v) is 1.62. The number of aldehydes is 2. The monoisotopic (exact) mass is 256 g/mol. The molecule has 0 spiro atoms. The minimum Gasteiger partial charge on any atom is -0.493 e. The number of carbonyl (C=O) groups excluding carboxylic acids is 2. The molecule has 2 aromatic carbocycles. The summed E-state index contributed by atoms with van der Waals surface area (Å²) in [6.45, 7) is 0. The zero-order valence-electron chi connectivity index (χ0n) is 10.3. The van der Waals surface area contributed by atoms with Gasteiger partial charge in [-0.25, -0.2) is 0 Å². The molecule has 19 heavy (non-hydrogen) atoms. The lowest BCUT2D eigenvalue weighted by molar-refractivity contribution is 0.111. The van der Waals surface area contributed by atoms with Crippen LogP contribution in [-0.4, -0.2) is 19.7 Å². The second-order valence-electron chi connectivity index (χ2n) is 3.82. The Morgan fingerprint density at radius 2 is 1.63 bits per heavy atom. The predicted octanol–water partition coefficient (Wildman–Crippen LogP) is 3.11. The highest BCUT2D eigenvalue weighted by Gasteiger charge is 2.07. The van der Waals surface area contributed by atoms with E-state index in [1.54, 1.807) is 42.5 Å². The van der Waals surface area contributed by atoms with Crippen molar-refractivity contribution in [1.29, 1.82) is 0 Å². The van der Waals surface area contributed by atoms with Gasteiger partial charge in [-0.15, -0.1) is 0 Å². The molecule has 0 N–H and O–H groups in total. The molecule has 4 heteroatoms. The van der Waals surface area contributed by atoms with Gasteiger partial charge in [-0.05, 0) is 30.3 Å². The third-order valence-electron chi connectivity index (χ3n) is 2.55. The van der Waals surface area contributed by atoms with E-state index < -0.39 is 0 Å². The number of hydrogen-bond donors (Lipinski definition) is 0. The van der Waals surface area contributed by atoms with Crippen molar-refractivity contribution in [3.63, 3.8) is 0 Å². The van der Waals surface area contributed by atoms with Crippen LogP contribution in [0.25, 0.3) is 0 Å². The van der Waals surface area contributed by atoms with E-state index in [2.05, 4.69) is 0 Å². The Bertz CT molecular complexity index is 605. The zero-order valence-corrected chi connectivity index (χ0v) is 10.3. The van der Waals surface area contributed by atoms with Crippen LogP contribution in [-0.2, 0) is 0 Å². The molecule has 0 radical (unpaired) electrons. The van der Waals surface area contributed by atoms with E-state index >= 15 is 0 Å². The summed E-state index contributed by atoms with van der Waals surface area (Å²) < 4.78 is 10.8. The molecule has 0 saturated heterocycles. The number of benzene rings is 2. The van der Waals surface area contributed by atoms with Crippen molar-refractivity contribution in [2.24, 2.45) is 0 Å². The molecule has 0 saturated carbocycles. The van der Waals surface area contributed by atoms with Gasteiger partial charge in [-0.3, -0.25) is 9.59 Å². The predicted molar refractivity (Wildman–Crippen MR) is 70.3 cm³/mol. The summed E-state index contributed by atoms with van der Waals surface area (Å²) in [6.07, 6.45) is 1.47. The normalized spacial score (nSPS) is 9.74. The summed E-state index contributed by atoms with van der Waals surface area (Å²) in [5.41, 5.74) is 1.00. The van der Waals surface area contributed by atoms with Crippen LogP contribution < -0.4 is 9.47 Å². The summed E-state index contributed by atoms with van der Waals surface area (Å²) in [6, 6.07) is 11.6. The summed E-state index contributed by atoms with van der Waals surface area (Å²) in [7, 11) is 1.52. The highest BCUT2D eigenvalue weighted by molar-refractivity contribution is 5.77. The van der Waals surface area contributed by atoms with Crippen molar-refractivity contribution in [2.45, 2.75) is 0 Å². The van der Waals surface area contributed by atoms with Gasteiger partial charge in [0.15, 0.2) is 11.5 Å². The van der Waals surface area contributed by atoms with Gasteiger partial charge in [0, 0.05) is 11.1 Å².